The molecule has 0 atom stereocenters. The number of benzene rings is 1. The molecule has 3 N–H and O–H groups in total. The molecule has 4 heteroatoms. The van der Waals surface area contributed by atoms with Gasteiger partial charge < -0.3 is 15.6 Å². The molecule has 2 bridgehead atoms. The van der Waals surface area contributed by atoms with Crippen LogP contribution in [0.3, 0.4) is 0 Å². The van der Waals surface area contributed by atoms with E-state index >= 15 is 0 Å². The second-order valence-corrected chi connectivity index (χ2v) is 2.92. The number of hydrogen-bond acceptors (Lipinski definition) is 3. The smallest absolute Gasteiger partial charge is 0.339 e. The van der Waals surface area contributed by atoms with Crippen LogP contribution in [0.25, 0.3) is 0 Å². The van der Waals surface area contributed by atoms with E-state index in [4.69, 9.17) is 15.6 Å². The molecule has 4 nitrogen and oxygen atoms in total. The van der Waals surface area contributed by atoms with Crippen LogP contribution < -0.4 is 10.5 Å². The van der Waals surface area contributed by atoms with Crippen LogP contribution >= 0.6 is 0 Å². The lowest BCUT2D eigenvalue weighted by atomic mass is 10.0. The SMILES string of the molecule is Nc1c2ccc(C(=O)O)c1OCC2. The van der Waals surface area contributed by atoms with Crippen LogP contribution in [-0.4, -0.2) is 17.7 Å². The molecule has 0 saturated heterocycles. The van der Waals surface area contributed by atoms with Gasteiger partial charge in [0.05, 0.1) is 12.3 Å². The summed E-state index contributed by atoms with van der Waals surface area (Å²) in [7, 11) is 0. The van der Waals surface area contributed by atoms with Crippen molar-refractivity contribution in [2.45, 2.75) is 6.42 Å². The molecule has 1 heterocycles. The predicted octanol–water partition coefficient (Wildman–Crippen LogP) is 0.902. The predicted molar refractivity (Wildman–Crippen MR) is 47.0 cm³/mol. The van der Waals surface area contributed by atoms with Gasteiger partial charge in [0.15, 0.2) is 5.75 Å². The lowest BCUT2D eigenvalue weighted by Crippen LogP contribution is -2.15. The number of fused-ring (bicyclic) bond motifs is 2. The summed E-state index contributed by atoms with van der Waals surface area (Å²) in [5, 5.41) is 8.80. The molecular formula is C9H9NO3. The molecule has 68 valence electrons. The van der Waals surface area contributed by atoms with E-state index in [2.05, 4.69) is 0 Å². The number of nitrogens with two attached hydrogens (primary N) is 1. The van der Waals surface area contributed by atoms with Gasteiger partial charge in [-0.05, 0) is 11.6 Å². The van der Waals surface area contributed by atoms with Crippen molar-refractivity contribution in [1.29, 1.82) is 0 Å². The van der Waals surface area contributed by atoms with Crippen molar-refractivity contribution in [1.82, 2.24) is 0 Å². The Morgan fingerprint density at radius 1 is 1.54 bits per heavy atom. The highest BCUT2D eigenvalue weighted by molar-refractivity contribution is 5.93. The van der Waals surface area contributed by atoms with Crippen LogP contribution in [0.4, 0.5) is 5.69 Å². The van der Waals surface area contributed by atoms with E-state index in [0.717, 1.165) is 12.0 Å². The zero-order valence-corrected chi connectivity index (χ0v) is 6.91. The van der Waals surface area contributed by atoms with Crippen LogP contribution in [0.5, 0.6) is 5.75 Å². The maximum atomic E-state index is 10.7. The van der Waals surface area contributed by atoms with Gasteiger partial charge in [-0.2, -0.15) is 0 Å². The van der Waals surface area contributed by atoms with Crippen molar-refractivity contribution in [3.63, 3.8) is 0 Å². The van der Waals surface area contributed by atoms with Crippen molar-refractivity contribution in [3.05, 3.63) is 23.3 Å². The van der Waals surface area contributed by atoms with Crippen molar-refractivity contribution in [3.8, 4) is 5.75 Å². The van der Waals surface area contributed by atoms with Crippen molar-refractivity contribution < 1.29 is 14.6 Å². The average Bonchev–Trinajstić information content (AvgIpc) is 2.02. The van der Waals surface area contributed by atoms with Gasteiger partial charge in [-0.15, -0.1) is 0 Å². The molecule has 0 fully saturated rings. The topological polar surface area (TPSA) is 72.6 Å². The zero-order valence-electron chi connectivity index (χ0n) is 6.91. The molecule has 0 radical (unpaired) electrons. The third-order valence-corrected chi connectivity index (χ3v) is 2.13. The first kappa shape index (κ1) is 7.91. The van der Waals surface area contributed by atoms with Crippen LogP contribution in [0.1, 0.15) is 15.9 Å². The molecule has 0 saturated carbocycles. The van der Waals surface area contributed by atoms with Gasteiger partial charge >= 0.3 is 5.97 Å². The third-order valence-electron chi connectivity index (χ3n) is 2.13. The quantitative estimate of drug-likeness (QED) is 0.628. The second-order valence-electron chi connectivity index (χ2n) is 2.92. The fourth-order valence-electron chi connectivity index (χ4n) is 1.45. The maximum absolute atomic E-state index is 10.7. The lowest BCUT2D eigenvalue weighted by Gasteiger charge is -2.19. The van der Waals surface area contributed by atoms with E-state index in [1.165, 1.54) is 6.07 Å². The molecule has 1 aliphatic heterocycles. The number of anilines is 1. The summed E-state index contributed by atoms with van der Waals surface area (Å²) in [6.07, 6.45) is 0.749. The molecule has 1 aromatic rings. The van der Waals surface area contributed by atoms with Crippen LogP contribution in [0.15, 0.2) is 12.1 Å². The number of carboxylic acids is 1. The minimum Gasteiger partial charge on any atom is -0.490 e. The summed E-state index contributed by atoms with van der Waals surface area (Å²) in [4.78, 5) is 10.7. The molecular weight excluding hydrogens is 170 g/mol. The van der Waals surface area contributed by atoms with E-state index in [1.54, 1.807) is 6.07 Å². The molecule has 0 aliphatic carbocycles. The van der Waals surface area contributed by atoms with Gasteiger partial charge in [0.1, 0.15) is 5.56 Å². The summed E-state index contributed by atoms with van der Waals surface area (Å²) in [6, 6.07) is 3.27. The summed E-state index contributed by atoms with van der Waals surface area (Å²) in [5.74, 6) is -0.689. The molecule has 13 heavy (non-hydrogen) atoms. The molecule has 0 spiro atoms. The third kappa shape index (κ3) is 1.11. The summed E-state index contributed by atoms with van der Waals surface area (Å²) in [5.41, 5.74) is 7.26. The number of carbonyl (C=O) groups is 1. The Hall–Kier alpha value is -1.71. The Morgan fingerprint density at radius 2 is 2.31 bits per heavy atom. The number of hydrogen-bond donors (Lipinski definition) is 2. The monoisotopic (exact) mass is 179 g/mol. The molecule has 1 aromatic carbocycles. The van der Waals surface area contributed by atoms with Crippen molar-refractivity contribution in [2.75, 3.05) is 12.3 Å². The molecule has 1 aliphatic rings. The number of aromatic carboxylic acids is 1. The van der Waals surface area contributed by atoms with E-state index in [9.17, 15) is 4.79 Å². The van der Waals surface area contributed by atoms with Crippen LogP contribution in [0, 0.1) is 0 Å². The van der Waals surface area contributed by atoms with E-state index < -0.39 is 5.97 Å². The molecule has 0 aromatic heterocycles. The first-order valence-corrected chi connectivity index (χ1v) is 3.97. The Bertz CT molecular complexity index is 373. The van der Waals surface area contributed by atoms with Gasteiger partial charge in [0, 0.05) is 6.42 Å². The summed E-state index contributed by atoms with van der Waals surface area (Å²) in [6.45, 7) is 0.506. The summed E-state index contributed by atoms with van der Waals surface area (Å²) < 4.78 is 5.20. The first-order chi connectivity index (χ1) is 6.20. The minimum absolute atomic E-state index is 0.140. The Morgan fingerprint density at radius 3 is 3.00 bits per heavy atom. The number of rotatable bonds is 1. The zero-order chi connectivity index (χ0) is 9.42. The standard InChI is InChI=1S/C9H9NO3/c10-7-5-1-2-6(9(11)12)8(7)13-4-3-5/h1-2H,3-4,10H2,(H,11,12). The highest BCUT2D eigenvalue weighted by Gasteiger charge is 2.20. The van der Waals surface area contributed by atoms with Crippen LogP contribution in [0.2, 0.25) is 0 Å². The Labute approximate surface area is 74.9 Å². The Balaban J connectivity index is 2.63. The number of nitrogen functional groups attached to an aromatic ring is 1. The fourth-order valence-corrected chi connectivity index (χ4v) is 1.45. The van der Waals surface area contributed by atoms with Gasteiger partial charge in [-0.25, -0.2) is 4.79 Å². The van der Waals surface area contributed by atoms with E-state index in [-0.39, 0.29) is 5.56 Å². The van der Waals surface area contributed by atoms with Gasteiger partial charge in [-0.1, -0.05) is 6.07 Å². The lowest BCUT2D eigenvalue weighted by molar-refractivity contribution is 0.0692. The van der Waals surface area contributed by atoms with E-state index in [1.807, 2.05) is 0 Å². The molecule has 0 amide bonds. The largest absolute Gasteiger partial charge is 0.490 e. The highest BCUT2D eigenvalue weighted by atomic mass is 16.5. The Kier molecular flexibility index (Phi) is 1.62. The van der Waals surface area contributed by atoms with Crippen molar-refractivity contribution >= 4 is 11.7 Å². The normalized spacial score (nSPS) is 13.5. The van der Waals surface area contributed by atoms with Gasteiger partial charge in [0.25, 0.3) is 0 Å². The molecule has 0 unspecified atom stereocenters. The van der Waals surface area contributed by atoms with Gasteiger partial charge in [-0.3, -0.25) is 0 Å². The highest BCUT2D eigenvalue weighted by Crippen LogP contribution is 2.33. The number of ether oxygens (including phenoxy) is 1. The first-order valence-electron chi connectivity index (χ1n) is 3.97. The number of carboxylic acid groups (broad SMARTS) is 1. The minimum atomic E-state index is -1.00. The average molecular weight is 179 g/mol. The fraction of sp³-hybridized carbons (Fsp3) is 0.222. The van der Waals surface area contributed by atoms with E-state index in [0.29, 0.717) is 18.0 Å². The maximum Gasteiger partial charge on any atom is 0.339 e. The van der Waals surface area contributed by atoms with Crippen molar-refractivity contribution in [2.24, 2.45) is 0 Å². The second kappa shape index (κ2) is 2.65. The van der Waals surface area contributed by atoms with Gasteiger partial charge in [0.2, 0.25) is 0 Å². The summed E-state index contributed by atoms with van der Waals surface area (Å²) >= 11 is 0. The molecule has 2 rings (SSSR count). The van der Waals surface area contributed by atoms with Crippen LogP contribution in [-0.2, 0) is 6.42 Å².